The minimum absolute atomic E-state index is 0.0551. The van der Waals surface area contributed by atoms with Crippen LogP contribution in [0.1, 0.15) is 93.4 Å². The van der Waals surface area contributed by atoms with E-state index in [0.29, 0.717) is 30.1 Å². The standard InChI is InChI=1S/C29H54FN3O2/c1-9-13-35-33-27-15-19(3)14-20(4)29(27)32-28-12-11-24(18-31-28)17-26(30)23(7)22(6)25(10-2)16-21(5)34-8/h14,19,21-27,29,33H,9-13,15-18H2,1-8H3,(H,31,32). The molecule has 0 aromatic heterocycles. The Morgan fingerprint density at radius 2 is 1.94 bits per heavy atom. The van der Waals surface area contributed by atoms with E-state index in [1.165, 1.54) is 5.57 Å². The van der Waals surface area contributed by atoms with Crippen LogP contribution in [-0.4, -0.2) is 50.5 Å². The molecule has 1 heterocycles. The van der Waals surface area contributed by atoms with Crippen molar-refractivity contribution in [1.82, 2.24) is 10.8 Å². The molecule has 0 amide bonds. The highest BCUT2D eigenvalue weighted by molar-refractivity contribution is 5.83. The van der Waals surface area contributed by atoms with Crippen LogP contribution < -0.4 is 10.8 Å². The van der Waals surface area contributed by atoms with Crippen LogP contribution in [0.25, 0.3) is 0 Å². The number of amidine groups is 1. The van der Waals surface area contributed by atoms with Crippen LogP contribution in [0.15, 0.2) is 16.6 Å². The molecule has 0 bridgehead atoms. The SMILES string of the molecule is CCCONC1CC(C)C=C(C)C1NC1=NCC(CC(F)C(C)C(C)C(CC)CC(C)OC)CC1. The molecule has 0 spiro atoms. The molecule has 0 aromatic carbocycles. The first-order valence-electron chi connectivity index (χ1n) is 14.2. The zero-order valence-electron chi connectivity index (χ0n) is 23.8. The van der Waals surface area contributed by atoms with Gasteiger partial charge in [0.15, 0.2) is 0 Å². The first-order chi connectivity index (χ1) is 16.7. The van der Waals surface area contributed by atoms with Crippen molar-refractivity contribution in [2.75, 3.05) is 20.3 Å². The molecular formula is C29H54FN3O2. The second-order valence-electron chi connectivity index (χ2n) is 11.4. The molecule has 1 aliphatic heterocycles. The maximum Gasteiger partial charge on any atom is 0.103 e. The summed E-state index contributed by atoms with van der Waals surface area (Å²) in [6.07, 6.45) is 8.43. The van der Waals surface area contributed by atoms with Crippen LogP contribution >= 0.6 is 0 Å². The average Bonchev–Trinajstić information content (AvgIpc) is 2.84. The summed E-state index contributed by atoms with van der Waals surface area (Å²) in [4.78, 5) is 10.6. The molecule has 0 fully saturated rings. The van der Waals surface area contributed by atoms with Gasteiger partial charge in [-0.2, -0.15) is 5.48 Å². The summed E-state index contributed by atoms with van der Waals surface area (Å²) >= 11 is 0. The van der Waals surface area contributed by atoms with Crippen molar-refractivity contribution in [3.63, 3.8) is 0 Å². The highest BCUT2D eigenvalue weighted by Gasteiger charge is 2.33. The fourth-order valence-corrected chi connectivity index (χ4v) is 5.88. The van der Waals surface area contributed by atoms with Crippen molar-refractivity contribution in [1.29, 1.82) is 0 Å². The van der Waals surface area contributed by atoms with Crippen molar-refractivity contribution < 1.29 is 14.0 Å². The number of aliphatic imine (C=N–C) groups is 1. The predicted octanol–water partition coefficient (Wildman–Crippen LogP) is 6.49. The second kappa shape index (κ2) is 15.3. The lowest BCUT2D eigenvalue weighted by molar-refractivity contribution is 0.00528. The topological polar surface area (TPSA) is 54.9 Å². The molecular weight excluding hydrogens is 441 g/mol. The third kappa shape index (κ3) is 9.44. The number of rotatable bonds is 14. The maximum absolute atomic E-state index is 15.4. The Morgan fingerprint density at radius 3 is 2.54 bits per heavy atom. The van der Waals surface area contributed by atoms with Crippen LogP contribution in [0, 0.1) is 29.6 Å². The molecule has 0 saturated heterocycles. The molecule has 2 N–H and O–H groups in total. The fourth-order valence-electron chi connectivity index (χ4n) is 5.88. The summed E-state index contributed by atoms with van der Waals surface area (Å²) in [7, 11) is 1.76. The maximum atomic E-state index is 15.4. The van der Waals surface area contributed by atoms with E-state index in [1.54, 1.807) is 7.11 Å². The van der Waals surface area contributed by atoms with Gasteiger partial charge in [0.1, 0.15) is 6.17 Å². The van der Waals surface area contributed by atoms with Gasteiger partial charge in [-0.05, 0) is 75.5 Å². The number of nitrogens with zero attached hydrogens (tertiary/aromatic N) is 1. The van der Waals surface area contributed by atoms with Crippen LogP contribution in [0.4, 0.5) is 4.39 Å². The van der Waals surface area contributed by atoms with E-state index in [-0.39, 0.29) is 24.1 Å². The zero-order valence-corrected chi connectivity index (χ0v) is 23.8. The molecule has 0 saturated carbocycles. The largest absolute Gasteiger partial charge is 0.382 e. The fraction of sp³-hybridized carbons (Fsp3) is 0.897. The molecule has 6 heteroatoms. The lowest BCUT2D eigenvalue weighted by Crippen LogP contribution is -2.53. The Bertz CT molecular complexity index is 670. The Balaban J connectivity index is 1.89. The Kier molecular flexibility index (Phi) is 13.2. The number of methoxy groups -OCH3 is 1. The normalized spacial score (nSPS) is 29.5. The van der Waals surface area contributed by atoms with Crippen LogP contribution in [0.2, 0.25) is 0 Å². The number of halogens is 1. The van der Waals surface area contributed by atoms with Gasteiger partial charge in [-0.3, -0.25) is 4.99 Å². The number of nitrogens with one attached hydrogen (secondary N) is 2. The summed E-state index contributed by atoms with van der Waals surface area (Å²) in [5.41, 5.74) is 4.63. The van der Waals surface area contributed by atoms with Crippen molar-refractivity contribution in [2.45, 2.75) is 118 Å². The van der Waals surface area contributed by atoms with E-state index in [9.17, 15) is 0 Å². The predicted molar refractivity (Wildman–Crippen MR) is 145 cm³/mol. The Morgan fingerprint density at radius 1 is 1.20 bits per heavy atom. The molecule has 9 unspecified atom stereocenters. The first-order valence-corrected chi connectivity index (χ1v) is 14.2. The smallest absolute Gasteiger partial charge is 0.103 e. The molecule has 2 rings (SSSR count). The third-order valence-electron chi connectivity index (χ3n) is 8.52. The van der Waals surface area contributed by atoms with Gasteiger partial charge in [0.25, 0.3) is 0 Å². The average molecular weight is 496 g/mol. The summed E-state index contributed by atoms with van der Waals surface area (Å²) in [6, 6.07) is 0.417. The number of alkyl halides is 1. The Labute approximate surface area is 215 Å². The third-order valence-corrected chi connectivity index (χ3v) is 8.52. The molecule has 2 aliphatic rings. The van der Waals surface area contributed by atoms with Crippen molar-refractivity contribution in [3.8, 4) is 0 Å². The van der Waals surface area contributed by atoms with Crippen molar-refractivity contribution >= 4 is 5.84 Å². The minimum atomic E-state index is -0.777. The van der Waals surface area contributed by atoms with E-state index in [2.05, 4.69) is 65.3 Å². The van der Waals surface area contributed by atoms with Gasteiger partial charge in [0, 0.05) is 20.1 Å². The van der Waals surface area contributed by atoms with Gasteiger partial charge >= 0.3 is 0 Å². The van der Waals surface area contributed by atoms with Crippen LogP contribution in [0.3, 0.4) is 0 Å². The van der Waals surface area contributed by atoms with Gasteiger partial charge in [-0.1, -0.05) is 52.7 Å². The molecule has 204 valence electrons. The van der Waals surface area contributed by atoms with Crippen molar-refractivity contribution in [2.24, 2.45) is 34.6 Å². The summed E-state index contributed by atoms with van der Waals surface area (Å²) in [6.45, 7) is 16.7. The van der Waals surface area contributed by atoms with E-state index in [4.69, 9.17) is 14.6 Å². The van der Waals surface area contributed by atoms with Gasteiger partial charge < -0.3 is 14.9 Å². The van der Waals surface area contributed by atoms with Crippen LogP contribution in [0.5, 0.6) is 0 Å². The second-order valence-corrected chi connectivity index (χ2v) is 11.4. The van der Waals surface area contributed by atoms with Crippen molar-refractivity contribution in [3.05, 3.63) is 11.6 Å². The number of ether oxygens (including phenoxy) is 1. The highest BCUT2D eigenvalue weighted by Crippen LogP contribution is 2.34. The molecule has 5 nitrogen and oxygen atoms in total. The van der Waals surface area contributed by atoms with Gasteiger partial charge in [0.2, 0.25) is 0 Å². The van der Waals surface area contributed by atoms with Crippen LogP contribution in [-0.2, 0) is 9.57 Å². The summed E-state index contributed by atoms with van der Waals surface area (Å²) in [5.74, 6) is 2.82. The zero-order chi connectivity index (χ0) is 26.0. The number of allylic oxidation sites excluding steroid dienone is 1. The van der Waals surface area contributed by atoms with E-state index < -0.39 is 6.17 Å². The molecule has 0 radical (unpaired) electrons. The van der Waals surface area contributed by atoms with Gasteiger partial charge in [-0.25, -0.2) is 4.39 Å². The summed E-state index contributed by atoms with van der Waals surface area (Å²) < 4.78 is 20.9. The first kappa shape index (κ1) is 30.2. The number of hydrogen-bond donors (Lipinski definition) is 2. The molecule has 9 atom stereocenters. The monoisotopic (exact) mass is 495 g/mol. The minimum Gasteiger partial charge on any atom is -0.382 e. The highest BCUT2D eigenvalue weighted by atomic mass is 19.1. The summed E-state index contributed by atoms with van der Waals surface area (Å²) in [5, 5.41) is 3.70. The number of hydroxylamine groups is 1. The molecule has 35 heavy (non-hydrogen) atoms. The molecule has 0 aromatic rings. The van der Waals surface area contributed by atoms with Gasteiger partial charge in [0.05, 0.1) is 30.6 Å². The van der Waals surface area contributed by atoms with E-state index in [1.807, 2.05) is 0 Å². The van der Waals surface area contributed by atoms with Gasteiger partial charge in [-0.15, -0.1) is 0 Å². The number of hydrogen-bond acceptors (Lipinski definition) is 5. The lowest BCUT2D eigenvalue weighted by atomic mass is 9.76. The quantitative estimate of drug-likeness (QED) is 0.164. The Hall–Kier alpha value is -0.980. The molecule has 1 aliphatic carbocycles. The van der Waals surface area contributed by atoms with E-state index >= 15 is 4.39 Å². The van der Waals surface area contributed by atoms with E-state index in [0.717, 1.165) is 57.5 Å². The lowest BCUT2D eigenvalue weighted by Gasteiger charge is -2.37.